The molecule has 2 aromatic rings. The lowest BCUT2D eigenvalue weighted by Crippen LogP contribution is -2.35. The van der Waals surface area contributed by atoms with Crippen molar-refractivity contribution in [3.63, 3.8) is 0 Å². The first-order chi connectivity index (χ1) is 12.5. The number of hydrazone groups is 1. The molecule has 0 saturated heterocycles. The van der Waals surface area contributed by atoms with Crippen molar-refractivity contribution >= 4 is 17.3 Å². The van der Waals surface area contributed by atoms with Gasteiger partial charge in [-0.1, -0.05) is 0 Å². The van der Waals surface area contributed by atoms with Gasteiger partial charge in [0.15, 0.2) is 0 Å². The van der Waals surface area contributed by atoms with E-state index in [9.17, 15) is 4.79 Å². The van der Waals surface area contributed by atoms with Crippen LogP contribution in [0, 0.1) is 0 Å². The van der Waals surface area contributed by atoms with E-state index in [0.717, 1.165) is 22.7 Å². The van der Waals surface area contributed by atoms with Gasteiger partial charge >= 0.3 is 0 Å². The van der Waals surface area contributed by atoms with Crippen molar-refractivity contribution < 1.29 is 14.3 Å². The summed E-state index contributed by atoms with van der Waals surface area (Å²) in [7, 11) is 1.62. The molecule has 1 atom stereocenters. The first-order valence-electron chi connectivity index (χ1n) is 8.51. The predicted molar refractivity (Wildman–Crippen MR) is 104 cm³/mol. The first-order valence-corrected chi connectivity index (χ1v) is 8.51. The molecule has 0 bridgehead atoms. The normalized spacial score (nSPS) is 12.2. The quantitative estimate of drug-likeness (QED) is 0.562. The van der Waals surface area contributed by atoms with Gasteiger partial charge in [-0.3, -0.25) is 4.79 Å². The number of benzene rings is 2. The van der Waals surface area contributed by atoms with Gasteiger partial charge in [-0.2, -0.15) is 5.10 Å². The van der Waals surface area contributed by atoms with E-state index in [1.54, 1.807) is 14.0 Å². The number of carbonyl (C=O) groups excluding carboxylic acids is 1. The summed E-state index contributed by atoms with van der Waals surface area (Å²) in [4.78, 5) is 12.2. The summed E-state index contributed by atoms with van der Waals surface area (Å²) in [6, 6.07) is 14.5. The van der Waals surface area contributed by atoms with E-state index >= 15 is 0 Å². The van der Waals surface area contributed by atoms with E-state index < -0.39 is 6.04 Å². The number of hydrogen-bond acceptors (Lipinski definition) is 5. The lowest BCUT2D eigenvalue weighted by Gasteiger charge is -2.14. The SMILES string of the molecule is CCOc1ccc(N[C@@H](C)C(=O)NN=C(C)c2ccc(OC)cc2)cc1. The van der Waals surface area contributed by atoms with Crippen LogP contribution in [0.5, 0.6) is 11.5 Å². The molecule has 0 aliphatic carbocycles. The average Bonchev–Trinajstić information content (AvgIpc) is 2.67. The van der Waals surface area contributed by atoms with E-state index in [2.05, 4.69) is 15.8 Å². The third-order valence-corrected chi connectivity index (χ3v) is 3.78. The topological polar surface area (TPSA) is 72.0 Å². The van der Waals surface area contributed by atoms with Crippen LogP contribution in [-0.4, -0.2) is 31.4 Å². The smallest absolute Gasteiger partial charge is 0.262 e. The Hall–Kier alpha value is -3.02. The molecular formula is C20H25N3O3. The van der Waals surface area contributed by atoms with Gasteiger partial charge in [-0.05, 0) is 74.9 Å². The molecule has 6 heteroatoms. The lowest BCUT2D eigenvalue weighted by atomic mass is 10.1. The summed E-state index contributed by atoms with van der Waals surface area (Å²) in [5.41, 5.74) is 5.06. The molecule has 0 fully saturated rings. The maximum absolute atomic E-state index is 12.2. The Morgan fingerprint density at radius 1 is 1.08 bits per heavy atom. The summed E-state index contributed by atoms with van der Waals surface area (Å²) in [6.45, 7) is 6.18. The molecule has 2 aromatic carbocycles. The predicted octanol–water partition coefficient (Wildman–Crippen LogP) is 3.43. The molecular weight excluding hydrogens is 330 g/mol. The van der Waals surface area contributed by atoms with Gasteiger partial charge in [0.25, 0.3) is 5.91 Å². The number of rotatable bonds is 8. The number of nitrogens with zero attached hydrogens (tertiary/aromatic N) is 1. The van der Waals surface area contributed by atoms with Crippen LogP contribution in [0.15, 0.2) is 53.6 Å². The Morgan fingerprint density at radius 3 is 2.27 bits per heavy atom. The van der Waals surface area contributed by atoms with Gasteiger partial charge in [-0.15, -0.1) is 0 Å². The van der Waals surface area contributed by atoms with Crippen molar-refractivity contribution in [3.05, 3.63) is 54.1 Å². The van der Waals surface area contributed by atoms with Crippen LogP contribution in [0.4, 0.5) is 5.69 Å². The Morgan fingerprint density at radius 2 is 1.69 bits per heavy atom. The van der Waals surface area contributed by atoms with E-state index in [1.165, 1.54) is 0 Å². The Labute approximate surface area is 154 Å². The van der Waals surface area contributed by atoms with Gasteiger partial charge in [0.05, 0.1) is 19.4 Å². The fourth-order valence-corrected chi connectivity index (χ4v) is 2.26. The number of carbonyl (C=O) groups is 1. The minimum absolute atomic E-state index is 0.216. The average molecular weight is 355 g/mol. The molecule has 26 heavy (non-hydrogen) atoms. The summed E-state index contributed by atoms with van der Waals surface area (Å²) >= 11 is 0. The second kappa shape index (κ2) is 9.46. The van der Waals surface area contributed by atoms with Crippen molar-refractivity contribution in [2.75, 3.05) is 19.0 Å². The van der Waals surface area contributed by atoms with Crippen LogP contribution in [0.25, 0.3) is 0 Å². The van der Waals surface area contributed by atoms with Crippen LogP contribution in [0.1, 0.15) is 26.3 Å². The minimum atomic E-state index is -0.430. The molecule has 2 rings (SSSR count). The number of nitrogens with one attached hydrogen (secondary N) is 2. The van der Waals surface area contributed by atoms with Crippen LogP contribution in [0.3, 0.4) is 0 Å². The molecule has 0 heterocycles. The molecule has 0 saturated carbocycles. The molecule has 0 unspecified atom stereocenters. The number of methoxy groups -OCH3 is 1. The van der Waals surface area contributed by atoms with Gasteiger partial charge in [0.2, 0.25) is 0 Å². The third-order valence-electron chi connectivity index (χ3n) is 3.78. The fourth-order valence-electron chi connectivity index (χ4n) is 2.26. The summed E-state index contributed by atoms with van der Waals surface area (Å²) < 4.78 is 10.5. The van der Waals surface area contributed by atoms with Crippen molar-refractivity contribution in [1.82, 2.24) is 5.43 Å². The molecule has 1 amide bonds. The first kappa shape index (κ1) is 19.3. The highest BCUT2D eigenvalue weighted by atomic mass is 16.5. The van der Waals surface area contributed by atoms with Crippen molar-refractivity contribution in [3.8, 4) is 11.5 Å². The molecule has 0 aliphatic heterocycles. The van der Waals surface area contributed by atoms with Crippen LogP contribution in [-0.2, 0) is 4.79 Å². The molecule has 6 nitrogen and oxygen atoms in total. The number of hydrogen-bond donors (Lipinski definition) is 2. The highest BCUT2D eigenvalue weighted by Gasteiger charge is 2.12. The fraction of sp³-hybridized carbons (Fsp3) is 0.300. The van der Waals surface area contributed by atoms with Crippen LogP contribution >= 0.6 is 0 Å². The minimum Gasteiger partial charge on any atom is -0.497 e. The molecule has 0 spiro atoms. The highest BCUT2D eigenvalue weighted by Crippen LogP contribution is 2.16. The van der Waals surface area contributed by atoms with Gasteiger partial charge < -0.3 is 14.8 Å². The number of anilines is 1. The highest BCUT2D eigenvalue weighted by molar-refractivity contribution is 5.99. The number of ether oxygens (including phenoxy) is 2. The standard InChI is InChI=1S/C20H25N3O3/c1-5-26-19-12-8-17(9-13-19)21-15(3)20(24)23-22-14(2)16-6-10-18(25-4)11-7-16/h6-13,15,21H,5H2,1-4H3,(H,23,24)/t15-/m0/s1. The molecule has 0 aromatic heterocycles. The Balaban J connectivity index is 1.90. The second-order valence-electron chi connectivity index (χ2n) is 5.73. The largest absolute Gasteiger partial charge is 0.497 e. The van der Waals surface area contributed by atoms with E-state index in [0.29, 0.717) is 12.3 Å². The summed E-state index contributed by atoms with van der Waals surface area (Å²) in [5, 5.41) is 7.30. The van der Waals surface area contributed by atoms with Gasteiger partial charge in [-0.25, -0.2) is 5.43 Å². The Bertz CT molecular complexity index is 740. The zero-order valence-corrected chi connectivity index (χ0v) is 15.6. The van der Waals surface area contributed by atoms with Crippen molar-refractivity contribution in [2.45, 2.75) is 26.8 Å². The monoisotopic (exact) mass is 355 g/mol. The molecule has 2 N–H and O–H groups in total. The molecule has 138 valence electrons. The number of amides is 1. The van der Waals surface area contributed by atoms with Gasteiger partial charge in [0, 0.05) is 5.69 Å². The Kier molecular flexibility index (Phi) is 7.02. The zero-order valence-electron chi connectivity index (χ0n) is 15.6. The molecule has 0 radical (unpaired) electrons. The summed E-state index contributed by atoms with van der Waals surface area (Å²) in [5.74, 6) is 1.36. The zero-order chi connectivity index (χ0) is 18.9. The maximum atomic E-state index is 12.2. The summed E-state index contributed by atoms with van der Waals surface area (Å²) in [6.07, 6.45) is 0. The van der Waals surface area contributed by atoms with Crippen molar-refractivity contribution in [2.24, 2.45) is 5.10 Å². The van der Waals surface area contributed by atoms with Crippen molar-refractivity contribution in [1.29, 1.82) is 0 Å². The lowest BCUT2D eigenvalue weighted by molar-refractivity contribution is -0.121. The third kappa shape index (κ3) is 5.51. The van der Waals surface area contributed by atoms with E-state index in [4.69, 9.17) is 9.47 Å². The van der Waals surface area contributed by atoms with Crippen LogP contribution < -0.4 is 20.2 Å². The van der Waals surface area contributed by atoms with Gasteiger partial charge in [0.1, 0.15) is 17.5 Å². The van der Waals surface area contributed by atoms with E-state index in [1.807, 2.05) is 62.4 Å². The van der Waals surface area contributed by atoms with E-state index in [-0.39, 0.29) is 5.91 Å². The van der Waals surface area contributed by atoms with Crippen LogP contribution in [0.2, 0.25) is 0 Å². The second-order valence-corrected chi connectivity index (χ2v) is 5.73. The maximum Gasteiger partial charge on any atom is 0.262 e. The molecule has 0 aliphatic rings.